The van der Waals surface area contributed by atoms with E-state index in [0.717, 1.165) is 24.8 Å². The summed E-state index contributed by atoms with van der Waals surface area (Å²) in [6.45, 7) is 2.17. The Kier molecular flexibility index (Phi) is 5.32. The molecule has 0 fully saturated rings. The molecule has 0 radical (unpaired) electrons. The number of anilines is 1. The fraction of sp³-hybridized carbons (Fsp3) is 0.286. The van der Waals surface area contributed by atoms with Crippen LogP contribution in [0.5, 0.6) is 5.75 Å². The molecule has 6 nitrogen and oxygen atoms in total. The maximum atomic E-state index is 13.6. The van der Waals surface area contributed by atoms with Gasteiger partial charge in [-0.25, -0.2) is 9.07 Å². The van der Waals surface area contributed by atoms with Crippen molar-refractivity contribution in [3.8, 4) is 11.8 Å². The van der Waals surface area contributed by atoms with Gasteiger partial charge < -0.3 is 10.1 Å². The van der Waals surface area contributed by atoms with Crippen LogP contribution in [0.25, 0.3) is 0 Å². The van der Waals surface area contributed by atoms with Gasteiger partial charge in [0.1, 0.15) is 11.1 Å². The van der Waals surface area contributed by atoms with Crippen LogP contribution in [-0.4, -0.2) is 15.7 Å². The molecule has 0 spiro atoms. The normalized spacial score (nSPS) is 15.4. The molecule has 1 aliphatic rings. The summed E-state index contributed by atoms with van der Waals surface area (Å²) in [5.41, 5.74) is 1.83. The predicted octanol–water partition coefficient (Wildman–Crippen LogP) is 4.37. The van der Waals surface area contributed by atoms with Crippen LogP contribution in [0.3, 0.4) is 0 Å². The van der Waals surface area contributed by atoms with Crippen molar-refractivity contribution in [1.29, 1.82) is 5.26 Å². The molecule has 4 rings (SSSR count). The number of hydrogen-bond donors (Lipinski definition) is 1. The van der Waals surface area contributed by atoms with E-state index in [4.69, 9.17) is 4.74 Å². The van der Waals surface area contributed by atoms with Crippen LogP contribution in [-0.2, 0) is 19.6 Å². The minimum absolute atomic E-state index is 0.0250. The summed E-state index contributed by atoms with van der Waals surface area (Å²) >= 11 is 1.47. The number of carbonyl (C=O) groups is 1. The van der Waals surface area contributed by atoms with Gasteiger partial charge in [0.05, 0.1) is 5.56 Å². The molecule has 2 aromatic heterocycles. The average molecular weight is 410 g/mol. The number of para-hydroxylation sites is 1. The number of nitrogens with one attached hydrogen (secondary N) is 1. The molecule has 0 bridgehead atoms. The minimum atomic E-state index is -0.461. The molecule has 1 aliphatic carbocycles. The highest BCUT2D eigenvalue weighted by atomic mass is 32.1. The maximum absolute atomic E-state index is 13.6. The number of nitrogens with zero attached hydrogens (tertiary/aromatic N) is 3. The van der Waals surface area contributed by atoms with Crippen molar-refractivity contribution in [3.63, 3.8) is 0 Å². The lowest BCUT2D eigenvalue weighted by Gasteiger charge is -2.17. The fourth-order valence-corrected chi connectivity index (χ4v) is 4.73. The highest BCUT2D eigenvalue weighted by Gasteiger charge is 2.25. The summed E-state index contributed by atoms with van der Waals surface area (Å²) in [5.74, 6) is -0.150. The largest absolute Gasteiger partial charge is 0.468 e. The Bertz CT molecular complexity index is 1100. The van der Waals surface area contributed by atoms with Crippen LogP contribution >= 0.6 is 11.3 Å². The highest BCUT2D eigenvalue weighted by molar-refractivity contribution is 7.16. The highest BCUT2D eigenvalue weighted by Crippen LogP contribution is 2.39. The Labute approximate surface area is 171 Å². The molecule has 0 saturated carbocycles. The van der Waals surface area contributed by atoms with E-state index in [1.165, 1.54) is 33.0 Å². The van der Waals surface area contributed by atoms with Gasteiger partial charge in [-0.1, -0.05) is 19.1 Å². The summed E-state index contributed by atoms with van der Waals surface area (Å²) < 4.78 is 20.4. The summed E-state index contributed by atoms with van der Waals surface area (Å²) in [6, 6.07) is 9.89. The van der Waals surface area contributed by atoms with Gasteiger partial charge in [0.15, 0.2) is 24.0 Å². The summed E-state index contributed by atoms with van der Waals surface area (Å²) in [4.78, 5) is 13.8. The van der Waals surface area contributed by atoms with Crippen molar-refractivity contribution in [2.24, 2.45) is 5.92 Å². The van der Waals surface area contributed by atoms with Gasteiger partial charge >= 0.3 is 0 Å². The van der Waals surface area contributed by atoms with E-state index in [1.54, 1.807) is 24.4 Å². The zero-order valence-corrected chi connectivity index (χ0v) is 16.6. The van der Waals surface area contributed by atoms with Crippen molar-refractivity contribution in [2.45, 2.75) is 32.9 Å². The molecule has 8 heteroatoms. The third kappa shape index (κ3) is 4.00. The van der Waals surface area contributed by atoms with Crippen molar-refractivity contribution in [3.05, 3.63) is 64.0 Å². The summed E-state index contributed by atoms with van der Waals surface area (Å²) in [7, 11) is 0. The molecule has 1 N–H and O–H groups in total. The Morgan fingerprint density at radius 3 is 3.07 bits per heavy atom. The Morgan fingerprint density at radius 2 is 2.28 bits per heavy atom. The lowest BCUT2D eigenvalue weighted by molar-refractivity contribution is 0.102. The van der Waals surface area contributed by atoms with E-state index in [0.29, 0.717) is 16.5 Å². The quantitative estimate of drug-likeness (QED) is 0.677. The molecule has 1 amide bonds. The Morgan fingerprint density at radius 1 is 1.45 bits per heavy atom. The number of carbonyl (C=O) groups excluding carboxylic acids is 1. The first-order valence-electron chi connectivity index (χ1n) is 9.32. The SMILES string of the molecule is C[C@H]1CCc2c(sc(NC(=O)c3ccn(COc4ccccc4F)n3)c2C#N)C1. The summed E-state index contributed by atoms with van der Waals surface area (Å²) in [6.07, 6.45) is 4.45. The lowest BCUT2D eigenvalue weighted by Crippen LogP contribution is -2.14. The van der Waals surface area contributed by atoms with Crippen LogP contribution in [0.1, 0.15) is 39.8 Å². The number of thiophene rings is 1. The molecular formula is C21H19FN4O2S. The van der Waals surface area contributed by atoms with Gasteiger partial charge in [0.25, 0.3) is 5.91 Å². The number of hydrogen-bond acceptors (Lipinski definition) is 5. The number of benzene rings is 1. The van der Waals surface area contributed by atoms with Gasteiger partial charge in [-0.15, -0.1) is 11.3 Å². The molecule has 0 saturated heterocycles. The third-order valence-electron chi connectivity index (χ3n) is 4.91. The number of aromatic nitrogens is 2. The fourth-order valence-electron chi connectivity index (χ4n) is 3.38. The lowest BCUT2D eigenvalue weighted by atomic mass is 9.89. The molecule has 2 heterocycles. The number of nitriles is 1. The molecular weight excluding hydrogens is 391 g/mol. The zero-order chi connectivity index (χ0) is 20.4. The first-order valence-corrected chi connectivity index (χ1v) is 10.1. The van der Waals surface area contributed by atoms with E-state index < -0.39 is 11.7 Å². The second-order valence-corrected chi connectivity index (χ2v) is 8.17. The second-order valence-electron chi connectivity index (χ2n) is 7.07. The standard InChI is InChI=1S/C21H19FN4O2S/c1-13-6-7-14-15(11-23)21(29-19(14)10-13)24-20(27)17-8-9-26(25-17)12-28-18-5-3-2-4-16(18)22/h2-5,8-9,13H,6-7,10,12H2,1H3,(H,24,27)/t13-/m0/s1. The number of halogens is 1. The number of amides is 1. The van der Waals surface area contributed by atoms with Crippen LogP contribution in [0.4, 0.5) is 9.39 Å². The Hall–Kier alpha value is -3.18. The van der Waals surface area contributed by atoms with Crippen LogP contribution in [0, 0.1) is 23.1 Å². The van der Waals surface area contributed by atoms with Crippen LogP contribution in [0.15, 0.2) is 36.5 Å². The number of ether oxygens (including phenoxy) is 1. The average Bonchev–Trinajstić information content (AvgIpc) is 3.31. The van der Waals surface area contributed by atoms with E-state index >= 15 is 0 Å². The van der Waals surface area contributed by atoms with Gasteiger partial charge in [-0.3, -0.25) is 4.79 Å². The van der Waals surface area contributed by atoms with Crippen LogP contribution < -0.4 is 10.1 Å². The number of rotatable bonds is 5. The van der Waals surface area contributed by atoms with Gasteiger partial charge in [-0.05, 0) is 48.9 Å². The van der Waals surface area contributed by atoms with E-state index in [-0.39, 0.29) is 18.2 Å². The second kappa shape index (κ2) is 8.05. The number of fused-ring (bicyclic) bond motifs is 1. The van der Waals surface area contributed by atoms with Crippen molar-refractivity contribution in [1.82, 2.24) is 9.78 Å². The van der Waals surface area contributed by atoms with E-state index in [2.05, 4.69) is 23.4 Å². The van der Waals surface area contributed by atoms with Gasteiger partial charge in [0, 0.05) is 11.1 Å². The Balaban J connectivity index is 1.45. The van der Waals surface area contributed by atoms with Crippen molar-refractivity contribution >= 4 is 22.2 Å². The molecule has 1 aromatic carbocycles. The molecule has 0 unspecified atom stereocenters. The molecule has 3 aromatic rings. The van der Waals surface area contributed by atoms with Gasteiger partial charge in [0.2, 0.25) is 0 Å². The monoisotopic (exact) mass is 410 g/mol. The zero-order valence-electron chi connectivity index (χ0n) is 15.8. The first-order chi connectivity index (χ1) is 14.0. The predicted molar refractivity (Wildman–Crippen MR) is 107 cm³/mol. The van der Waals surface area contributed by atoms with E-state index in [9.17, 15) is 14.4 Å². The smallest absolute Gasteiger partial charge is 0.276 e. The minimum Gasteiger partial charge on any atom is -0.468 e. The first kappa shape index (κ1) is 19.2. The summed E-state index contributed by atoms with van der Waals surface area (Å²) in [5, 5.41) is 17.1. The molecule has 1 atom stereocenters. The van der Waals surface area contributed by atoms with E-state index in [1.807, 2.05) is 0 Å². The molecule has 0 aliphatic heterocycles. The molecule has 29 heavy (non-hydrogen) atoms. The maximum Gasteiger partial charge on any atom is 0.276 e. The molecule has 148 valence electrons. The third-order valence-corrected chi connectivity index (χ3v) is 6.08. The van der Waals surface area contributed by atoms with Crippen molar-refractivity contribution < 1.29 is 13.9 Å². The van der Waals surface area contributed by atoms with Crippen LogP contribution in [0.2, 0.25) is 0 Å². The van der Waals surface area contributed by atoms with Crippen molar-refractivity contribution in [2.75, 3.05) is 5.32 Å². The topological polar surface area (TPSA) is 79.9 Å². The van der Waals surface area contributed by atoms with Gasteiger partial charge in [-0.2, -0.15) is 10.4 Å².